The Hall–Kier alpha value is -1.90. The Bertz CT molecular complexity index is 748. The summed E-state index contributed by atoms with van der Waals surface area (Å²) in [5, 5.41) is 11.3. The minimum atomic E-state index is -2.29. The van der Waals surface area contributed by atoms with Crippen LogP contribution in [-0.4, -0.2) is 57.0 Å². The van der Waals surface area contributed by atoms with Gasteiger partial charge in [0.1, 0.15) is 6.10 Å². The van der Waals surface area contributed by atoms with Crippen LogP contribution in [0.1, 0.15) is 54.0 Å². The quantitative estimate of drug-likeness (QED) is 0.402. The van der Waals surface area contributed by atoms with Crippen molar-refractivity contribution in [3.8, 4) is 0 Å². The Morgan fingerprint density at radius 1 is 1.09 bits per heavy atom. The Labute approximate surface area is 199 Å². The number of hydrogen-bond donors (Lipinski definition) is 2. The first kappa shape index (κ1) is 27.3. The molecule has 1 amide bonds. The molecule has 1 aromatic rings. The maximum Gasteiger partial charge on any atom is 0.405 e. The first-order valence-electron chi connectivity index (χ1n) is 12.0. The third-order valence-corrected chi connectivity index (χ3v) is 12.9. The smallest absolute Gasteiger partial charge is 0.405 e. The van der Waals surface area contributed by atoms with Crippen molar-refractivity contribution in [2.24, 2.45) is 5.92 Å². The lowest BCUT2D eigenvalue weighted by atomic mass is 9.92. The van der Waals surface area contributed by atoms with Gasteiger partial charge < -0.3 is 24.3 Å². The van der Waals surface area contributed by atoms with E-state index >= 15 is 0 Å². The molecule has 0 spiro atoms. The number of cyclic esters (lactones) is 1. The van der Waals surface area contributed by atoms with E-state index in [4.69, 9.17) is 19.0 Å². The Kier molecular flexibility index (Phi) is 9.94. The van der Waals surface area contributed by atoms with Crippen molar-refractivity contribution < 1.29 is 28.6 Å². The molecule has 0 aromatic heterocycles. The molecule has 1 heterocycles. The van der Waals surface area contributed by atoms with Gasteiger partial charge in [0.25, 0.3) is 0 Å². The van der Waals surface area contributed by atoms with Crippen molar-refractivity contribution in [1.82, 2.24) is 5.32 Å². The zero-order chi connectivity index (χ0) is 24.8. The van der Waals surface area contributed by atoms with Crippen LogP contribution in [0.4, 0.5) is 4.79 Å². The van der Waals surface area contributed by atoms with Crippen LogP contribution in [0, 0.1) is 5.92 Å². The highest BCUT2D eigenvalue weighted by Crippen LogP contribution is 2.44. The van der Waals surface area contributed by atoms with E-state index in [0.29, 0.717) is 29.7 Å². The molecule has 1 aromatic carbocycles. The molecule has 0 saturated carbocycles. The molecule has 1 aliphatic rings. The zero-order valence-electron chi connectivity index (χ0n) is 21.0. The number of amides is 1. The van der Waals surface area contributed by atoms with Crippen LogP contribution in [0.25, 0.3) is 0 Å². The molecule has 8 heteroatoms. The predicted molar refractivity (Wildman–Crippen MR) is 131 cm³/mol. The lowest BCUT2D eigenvalue weighted by molar-refractivity contribution is -0.156. The van der Waals surface area contributed by atoms with Crippen molar-refractivity contribution in [3.63, 3.8) is 0 Å². The van der Waals surface area contributed by atoms with Crippen LogP contribution in [0.3, 0.4) is 0 Å². The summed E-state index contributed by atoms with van der Waals surface area (Å²) in [4.78, 5) is 23.9. The van der Waals surface area contributed by atoms with E-state index < -0.39 is 32.5 Å². The predicted octanol–water partition coefficient (Wildman–Crippen LogP) is 5.00. The first-order valence-corrected chi connectivity index (χ1v) is 14.1. The fourth-order valence-corrected chi connectivity index (χ4v) is 11.1. The zero-order valence-corrected chi connectivity index (χ0v) is 22.0. The Morgan fingerprint density at radius 2 is 1.67 bits per heavy atom. The maximum atomic E-state index is 12.8. The number of carboxylic acid groups (broad SMARTS) is 1. The van der Waals surface area contributed by atoms with Crippen LogP contribution in [0.2, 0.25) is 16.6 Å². The highest BCUT2D eigenvalue weighted by Gasteiger charge is 2.49. The van der Waals surface area contributed by atoms with E-state index in [1.165, 1.54) is 0 Å². The molecule has 186 valence electrons. The summed E-state index contributed by atoms with van der Waals surface area (Å²) in [6.07, 6.45) is -1.49. The van der Waals surface area contributed by atoms with Crippen LogP contribution in [0.5, 0.6) is 0 Å². The molecule has 2 unspecified atom stereocenters. The topological polar surface area (TPSA) is 94.1 Å². The molecule has 1 fully saturated rings. The highest BCUT2D eigenvalue weighted by molar-refractivity contribution is 6.77. The van der Waals surface area contributed by atoms with Crippen molar-refractivity contribution in [3.05, 3.63) is 35.9 Å². The van der Waals surface area contributed by atoms with Gasteiger partial charge in [0.2, 0.25) is 8.32 Å². The van der Waals surface area contributed by atoms with E-state index in [0.717, 1.165) is 5.56 Å². The van der Waals surface area contributed by atoms with Gasteiger partial charge in [-0.3, -0.25) is 0 Å². The van der Waals surface area contributed by atoms with E-state index in [9.17, 15) is 9.59 Å². The molecule has 33 heavy (non-hydrogen) atoms. The van der Waals surface area contributed by atoms with Crippen molar-refractivity contribution in [2.75, 3.05) is 13.2 Å². The summed E-state index contributed by atoms with van der Waals surface area (Å²) in [5.41, 5.74) is 2.26. The van der Waals surface area contributed by atoms with Crippen LogP contribution in [0.15, 0.2) is 30.3 Å². The van der Waals surface area contributed by atoms with Gasteiger partial charge in [0, 0.05) is 5.92 Å². The van der Waals surface area contributed by atoms with E-state index in [1.807, 2.05) is 25.1 Å². The van der Waals surface area contributed by atoms with Gasteiger partial charge in [0.05, 0.1) is 19.3 Å². The summed E-state index contributed by atoms with van der Waals surface area (Å²) in [6, 6.07) is 9.08. The van der Waals surface area contributed by atoms with E-state index in [-0.39, 0.29) is 18.6 Å². The van der Waals surface area contributed by atoms with Crippen molar-refractivity contribution in [2.45, 2.75) is 89.8 Å². The maximum absolute atomic E-state index is 12.8. The second kappa shape index (κ2) is 12.0. The molecule has 2 rings (SSSR count). The van der Waals surface area contributed by atoms with Gasteiger partial charge in [0.15, 0.2) is 6.04 Å². The summed E-state index contributed by atoms with van der Waals surface area (Å²) in [6.45, 7) is 15.5. The minimum Gasteiger partial charge on any atom is -0.465 e. The fourth-order valence-electron chi connectivity index (χ4n) is 5.39. The van der Waals surface area contributed by atoms with Gasteiger partial charge in [-0.15, -0.1) is 0 Å². The first-order chi connectivity index (χ1) is 15.5. The number of carbonyl (C=O) groups excluding carboxylic acids is 1. The minimum absolute atomic E-state index is 0.0538. The molecule has 1 saturated heterocycles. The summed E-state index contributed by atoms with van der Waals surface area (Å²) >= 11 is 0. The van der Waals surface area contributed by atoms with Gasteiger partial charge in [-0.25, -0.2) is 9.59 Å². The summed E-state index contributed by atoms with van der Waals surface area (Å²) < 4.78 is 18.9. The Morgan fingerprint density at radius 3 is 2.18 bits per heavy atom. The van der Waals surface area contributed by atoms with Crippen LogP contribution in [-0.2, 0) is 25.1 Å². The lowest BCUT2D eigenvalue weighted by Gasteiger charge is -2.47. The number of rotatable bonds is 8. The SMILES string of the molecule is CC(C)[Si](O[C@@H]1C(Cc2ccccc2)COCC(NC(=O)O)C(=O)O[C@H]1C)(C(C)C)C(C)C. The largest absolute Gasteiger partial charge is 0.465 e. The highest BCUT2D eigenvalue weighted by atomic mass is 28.4. The fraction of sp³-hybridized carbons (Fsp3) is 0.680. The second-order valence-electron chi connectivity index (χ2n) is 10.0. The number of ether oxygens (including phenoxy) is 2. The number of nitrogens with one attached hydrogen (secondary N) is 1. The summed E-state index contributed by atoms with van der Waals surface area (Å²) in [7, 11) is -2.29. The molecular formula is C25H41NO6Si. The average Bonchev–Trinajstić information content (AvgIpc) is 2.76. The molecule has 0 aliphatic carbocycles. The molecule has 0 bridgehead atoms. The lowest BCUT2D eigenvalue weighted by Crippen LogP contribution is -2.55. The van der Waals surface area contributed by atoms with Crippen LogP contribution < -0.4 is 5.32 Å². The number of hydrogen-bond acceptors (Lipinski definition) is 5. The van der Waals surface area contributed by atoms with Crippen molar-refractivity contribution in [1.29, 1.82) is 0 Å². The van der Waals surface area contributed by atoms with Gasteiger partial charge in [-0.1, -0.05) is 71.9 Å². The van der Waals surface area contributed by atoms with Crippen LogP contribution >= 0.6 is 0 Å². The second-order valence-corrected chi connectivity index (χ2v) is 15.4. The van der Waals surface area contributed by atoms with Gasteiger partial charge in [-0.2, -0.15) is 0 Å². The number of benzene rings is 1. The van der Waals surface area contributed by atoms with Gasteiger partial charge >= 0.3 is 12.1 Å². The van der Waals surface area contributed by atoms with Gasteiger partial charge in [-0.05, 0) is 35.5 Å². The Balaban J connectivity index is 2.46. The molecular weight excluding hydrogens is 438 g/mol. The summed E-state index contributed by atoms with van der Waals surface area (Å²) in [5.74, 6) is -0.688. The van der Waals surface area contributed by atoms with E-state index in [1.54, 1.807) is 0 Å². The number of carbonyl (C=O) groups is 2. The molecule has 7 nitrogen and oxygen atoms in total. The monoisotopic (exact) mass is 479 g/mol. The average molecular weight is 480 g/mol. The van der Waals surface area contributed by atoms with Crippen molar-refractivity contribution >= 4 is 20.4 Å². The standard InChI is InChI=1S/C25H41NO6Si/c1-16(2)33(17(3)4,18(5)6)32-23-19(7)31-24(27)22(26-25(28)29)15-30-14-21(23)13-20-11-9-8-10-12-20/h8-12,16-19,21-23,26H,13-15H2,1-7H3,(H,28,29)/t19-,21?,22?,23-/m0/s1. The third kappa shape index (κ3) is 6.80. The third-order valence-electron chi connectivity index (χ3n) is 6.82. The molecule has 2 N–H and O–H groups in total. The normalized spacial score (nSPS) is 24.8. The molecule has 0 radical (unpaired) electrons. The molecule has 4 atom stereocenters. The van der Waals surface area contributed by atoms with E-state index in [2.05, 4.69) is 59.0 Å². The molecule has 1 aliphatic heterocycles. The number of esters is 1.